The van der Waals surface area contributed by atoms with Gasteiger partial charge in [0, 0.05) is 15.8 Å². The second kappa shape index (κ2) is 9.89. The Morgan fingerprint density at radius 1 is 1.17 bits per heavy atom. The molecule has 8 nitrogen and oxygen atoms in total. The Kier molecular flexibility index (Phi) is 6.66. The number of methoxy groups -OCH3 is 1. The number of rotatable bonds is 4. The maximum atomic E-state index is 13.5. The number of carbonyl (C=O) groups is 2. The van der Waals surface area contributed by atoms with E-state index in [9.17, 15) is 14.9 Å². The first-order valence-electron chi connectivity index (χ1n) is 11.4. The molecular weight excluding hydrogens is 515 g/mol. The number of hydrogen-bond donors (Lipinski definition) is 3. The maximum absolute atomic E-state index is 13.5. The number of esters is 1. The van der Waals surface area contributed by atoms with Crippen LogP contribution in [0.5, 0.6) is 0 Å². The first-order chi connectivity index (χ1) is 17.4. The summed E-state index contributed by atoms with van der Waals surface area (Å²) in [6.07, 6.45) is 5.95. The first kappa shape index (κ1) is 24.2. The Hall–Kier alpha value is -3.46. The number of hydrogen-bond acceptors (Lipinski definition) is 10. The summed E-state index contributed by atoms with van der Waals surface area (Å²) in [7, 11) is 1.35. The van der Waals surface area contributed by atoms with Crippen molar-refractivity contribution in [2.45, 2.75) is 38.5 Å². The number of nitrogens with zero attached hydrogens (tertiary/aromatic N) is 2. The Morgan fingerprint density at radius 3 is 2.64 bits per heavy atom. The topological polar surface area (TPSA) is 144 Å². The largest absolute Gasteiger partial charge is 0.465 e. The van der Waals surface area contributed by atoms with Gasteiger partial charge >= 0.3 is 5.97 Å². The zero-order chi connectivity index (χ0) is 25.4. The van der Waals surface area contributed by atoms with E-state index in [1.165, 1.54) is 29.8 Å². The summed E-state index contributed by atoms with van der Waals surface area (Å²) >= 11 is 4.02. The van der Waals surface area contributed by atoms with Crippen molar-refractivity contribution in [2.24, 2.45) is 0 Å². The van der Waals surface area contributed by atoms with Gasteiger partial charge in [-0.05, 0) is 53.6 Å². The molecule has 0 aromatic carbocycles. The van der Waals surface area contributed by atoms with Crippen LogP contribution in [0.15, 0.2) is 16.8 Å². The summed E-state index contributed by atoms with van der Waals surface area (Å²) in [6.45, 7) is 0. The fraction of sp³-hybridized carbons (Fsp3) is 0.280. The summed E-state index contributed by atoms with van der Waals surface area (Å²) < 4.78 is 5.07. The van der Waals surface area contributed by atoms with Crippen molar-refractivity contribution in [1.29, 1.82) is 5.26 Å². The Morgan fingerprint density at radius 2 is 1.94 bits per heavy atom. The van der Waals surface area contributed by atoms with E-state index in [2.05, 4.69) is 16.4 Å². The molecule has 0 unspecified atom stereocenters. The third kappa shape index (κ3) is 4.11. The SMILES string of the molecule is COC(=O)c1c(NC(=O)c2sc3nc(N)c(C#N)c(-c4ccsc4)c3c2N)sc2c1CCCCCC2. The van der Waals surface area contributed by atoms with Gasteiger partial charge in [0.05, 0.1) is 18.4 Å². The number of amides is 1. The number of aromatic nitrogens is 1. The van der Waals surface area contributed by atoms with E-state index in [0.29, 0.717) is 26.3 Å². The number of carbonyl (C=O) groups excluding carboxylic acids is 2. The van der Waals surface area contributed by atoms with Crippen LogP contribution in [0.4, 0.5) is 16.5 Å². The van der Waals surface area contributed by atoms with Crippen LogP contribution >= 0.6 is 34.0 Å². The minimum Gasteiger partial charge on any atom is -0.465 e. The number of fused-ring (bicyclic) bond motifs is 2. The molecule has 0 aliphatic heterocycles. The lowest BCUT2D eigenvalue weighted by Crippen LogP contribution is -2.15. The summed E-state index contributed by atoms with van der Waals surface area (Å²) in [4.78, 5) is 32.4. The molecule has 1 aliphatic carbocycles. The molecule has 5 rings (SSSR count). The highest BCUT2D eigenvalue weighted by molar-refractivity contribution is 7.21. The zero-order valence-corrected chi connectivity index (χ0v) is 21.9. The van der Waals surface area contributed by atoms with E-state index in [-0.39, 0.29) is 21.9 Å². The van der Waals surface area contributed by atoms with Crippen LogP contribution in [0.25, 0.3) is 21.3 Å². The lowest BCUT2D eigenvalue weighted by molar-refractivity contribution is 0.0601. The molecule has 184 valence electrons. The van der Waals surface area contributed by atoms with Crippen LogP contribution in [-0.4, -0.2) is 24.0 Å². The van der Waals surface area contributed by atoms with Crippen molar-refractivity contribution in [3.63, 3.8) is 0 Å². The molecule has 5 N–H and O–H groups in total. The average molecular weight is 538 g/mol. The summed E-state index contributed by atoms with van der Waals surface area (Å²) in [5, 5.41) is 17.5. The third-order valence-electron chi connectivity index (χ3n) is 6.32. The minimum atomic E-state index is -0.458. The van der Waals surface area contributed by atoms with E-state index in [4.69, 9.17) is 16.2 Å². The van der Waals surface area contributed by atoms with Gasteiger partial charge in [-0.3, -0.25) is 4.79 Å². The van der Waals surface area contributed by atoms with Gasteiger partial charge in [-0.1, -0.05) is 12.8 Å². The number of thiophene rings is 3. The molecule has 0 atom stereocenters. The van der Waals surface area contributed by atoms with Crippen LogP contribution < -0.4 is 16.8 Å². The van der Waals surface area contributed by atoms with Crippen LogP contribution in [0.1, 0.15) is 61.7 Å². The molecule has 11 heteroatoms. The van der Waals surface area contributed by atoms with E-state index in [0.717, 1.165) is 65.9 Å². The van der Waals surface area contributed by atoms with Crippen molar-refractivity contribution in [3.8, 4) is 17.2 Å². The molecule has 0 bridgehead atoms. The number of nitrogens with two attached hydrogens (primary N) is 2. The number of anilines is 3. The predicted octanol–water partition coefficient (Wildman–Crippen LogP) is 5.82. The molecule has 1 aliphatic rings. The fourth-order valence-electron chi connectivity index (χ4n) is 4.63. The Labute approximate surface area is 219 Å². The zero-order valence-electron chi connectivity index (χ0n) is 19.5. The van der Waals surface area contributed by atoms with Crippen molar-refractivity contribution in [3.05, 3.63) is 43.3 Å². The summed E-state index contributed by atoms with van der Waals surface area (Å²) in [6, 6.07) is 4.01. The Bertz CT molecular complexity index is 1530. The molecule has 4 aromatic rings. The molecule has 0 saturated heterocycles. The van der Waals surface area contributed by atoms with Crippen molar-refractivity contribution in [2.75, 3.05) is 23.9 Å². The van der Waals surface area contributed by atoms with Gasteiger partial charge in [0.25, 0.3) is 5.91 Å². The van der Waals surface area contributed by atoms with E-state index in [1.807, 2.05) is 16.8 Å². The lowest BCUT2D eigenvalue weighted by atomic mass is 9.96. The second-order valence-corrected chi connectivity index (χ2v) is 11.3. The van der Waals surface area contributed by atoms with E-state index >= 15 is 0 Å². The van der Waals surface area contributed by atoms with Crippen molar-refractivity contribution >= 4 is 72.6 Å². The first-order valence-corrected chi connectivity index (χ1v) is 14.0. The normalized spacial score (nSPS) is 13.4. The lowest BCUT2D eigenvalue weighted by Gasteiger charge is -2.11. The molecular formula is C25H23N5O3S3. The average Bonchev–Trinajstić information content (AvgIpc) is 3.56. The molecule has 4 heterocycles. The van der Waals surface area contributed by atoms with Crippen LogP contribution in [-0.2, 0) is 17.6 Å². The standard InChI is InChI=1S/C25H23N5O3S3/c1-33-25(32)17-13-6-4-2-3-5-7-15(13)35-23(17)30-22(31)20-19(27)18-16(12-8-9-34-11-12)14(10-26)21(28)29-24(18)36-20/h8-9,11H,2-7,27H2,1H3,(H2,28,29)(H,30,31). The molecule has 0 spiro atoms. The van der Waals surface area contributed by atoms with Gasteiger partial charge in [-0.25, -0.2) is 9.78 Å². The van der Waals surface area contributed by atoms with Crippen LogP contribution in [0.2, 0.25) is 0 Å². The van der Waals surface area contributed by atoms with Crippen molar-refractivity contribution in [1.82, 2.24) is 4.98 Å². The highest BCUT2D eigenvalue weighted by Crippen LogP contribution is 2.44. The van der Waals surface area contributed by atoms with Gasteiger partial charge in [-0.15, -0.1) is 22.7 Å². The van der Waals surface area contributed by atoms with Crippen LogP contribution in [0.3, 0.4) is 0 Å². The molecule has 0 saturated carbocycles. The number of nitrogens with one attached hydrogen (secondary N) is 1. The number of aryl methyl sites for hydroxylation is 1. The summed E-state index contributed by atoms with van der Waals surface area (Å²) in [5.41, 5.74) is 15.8. The predicted molar refractivity (Wildman–Crippen MR) is 146 cm³/mol. The fourth-order valence-corrected chi connectivity index (χ4v) is 7.56. The molecule has 1 amide bonds. The number of nitriles is 1. The molecule has 0 fully saturated rings. The van der Waals surface area contributed by atoms with E-state index in [1.54, 1.807) is 0 Å². The van der Waals surface area contributed by atoms with Crippen LogP contribution in [0, 0.1) is 11.3 Å². The number of nitrogen functional groups attached to an aromatic ring is 2. The highest BCUT2D eigenvalue weighted by atomic mass is 32.1. The monoisotopic (exact) mass is 537 g/mol. The van der Waals surface area contributed by atoms with E-state index < -0.39 is 11.9 Å². The number of ether oxygens (including phenoxy) is 1. The third-order valence-corrected chi connectivity index (χ3v) is 9.31. The van der Waals surface area contributed by atoms with Gasteiger partial charge in [0.2, 0.25) is 0 Å². The molecule has 4 aromatic heterocycles. The second-order valence-electron chi connectivity index (χ2n) is 8.46. The quantitative estimate of drug-likeness (QED) is 0.278. The van der Waals surface area contributed by atoms with Gasteiger partial charge < -0.3 is 21.5 Å². The van der Waals surface area contributed by atoms with Gasteiger partial charge in [0.15, 0.2) is 0 Å². The minimum absolute atomic E-state index is 0.0884. The highest BCUT2D eigenvalue weighted by Gasteiger charge is 2.29. The van der Waals surface area contributed by atoms with Gasteiger partial charge in [-0.2, -0.15) is 16.6 Å². The Balaban J connectivity index is 1.60. The number of pyridine rings is 1. The molecule has 0 radical (unpaired) electrons. The maximum Gasteiger partial charge on any atom is 0.341 e. The smallest absolute Gasteiger partial charge is 0.341 e. The van der Waals surface area contributed by atoms with Crippen molar-refractivity contribution < 1.29 is 14.3 Å². The van der Waals surface area contributed by atoms with Gasteiger partial charge in [0.1, 0.15) is 32.2 Å². The molecule has 36 heavy (non-hydrogen) atoms. The summed E-state index contributed by atoms with van der Waals surface area (Å²) in [5.74, 6) is -0.811.